The van der Waals surface area contributed by atoms with E-state index in [-0.39, 0.29) is 7.43 Å². The van der Waals surface area contributed by atoms with Crippen molar-refractivity contribution < 1.29 is 18.9 Å². The van der Waals surface area contributed by atoms with Crippen molar-refractivity contribution in [3.63, 3.8) is 0 Å². The molecule has 4 aliphatic rings. The molecule has 6 rings (SSSR count). The van der Waals surface area contributed by atoms with Gasteiger partial charge in [0.15, 0.2) is 0 Å². The van der Waals surface area contributed by atoms with Gasteiger partial charge in [0.25, 0.3) is 0 Å². The third-order valence-corrected chi connectivity index (χ3v) is 6.10. The first-order valence-electron chi connectivity index (χ1n) is 11.0. The summed E-state index contributed by atoms with van der Waals surface area (Å²) in [6.45, 7) is 7.29. The van der Waals surface area contributed by atoms with E-state index in [4.69, 9.17) is 18.9 Å². The molecule has 6 heteroatoms. The monoisotopic (exact) mass is 424 g/mol. The average Bonchev–Trinajstić information content (AvgIpc) is 3.62. The Balaban J connectivity index is 0.00000204. The van der Waals surface area contributed by atoms with Crippen LogP contribution in [-0.2, 0) is 18.9 Å². The van der Waals surface area contributed by atoms with E-state index in [0.29, 0.717) is 24.4 Å². The Labute approximate surface area is 184 Å². The van der Waals surface area contributed by atoms with Crippen LogP contribution in [0.1, 0.15) is 7.43 Å². The molecular weight excluding hydrogens is 392 g/mol. The molecule has 4 fully saturated rings. The summed E-state index contributed by atoms with van der Waals surface area (Å²) in [6.07, 6.45) is 1.50. The second-order valence-corrected chi connectivity index (χ2v) is 8.73. The molecule has 0 aromatic heterocycles. The lowest BCUT2D eigenvalue weighted by Gasteiger charge is -2.24. The number of epoxide rings is 4. The molecular formula is C25H32N2O4. The molecule has 2 aromatic carbocycles. The van der Waals surface area contributed by atoms with Gasteiger partial charge in [0.05, 0.1) is 50.8 Å². The first-order valence-corrected chi connectivity index (χ1v) is 11.0. The molecule has 0 saturated carbocycles. The van der Waals surface area contributed by atoms with Crippen LogP contribution in [0.2, 0.25) is 0 Å². The van der Waals surface area contributed by atoms with E-state index >= 15 is 0 Å². The zero-order chi connectivity index (χ0) is 19.9. The number of nitrogens with zero attached hydrogens (tertiary/aromatic N) is 2. The molecule has 0 spiro atoms. The first kappa shape index (κ1) is 20.8. The van der Waals surface area contributed by atoms with Crippen molar-refractivity contribution in [3.8, 4) is 11.1 Å². The number of ether oxygens (including phenoxy) is 4. The summed E-state index contributed by atoms with van der Waals surface area (Å²) in [6, 6.07) is 17.7. The van der Waals surface area contributed by atoms with E-state index in [0.717, 1.165) is 52.6 Å². The maximum atomic E-state index is 5.44. The fourth-order valence-corrected chi connectivity index (χ4v) is 3.98. The van der Waals surface area contributed by atoms with Crippen molar-refractivity contribution in [2.24, 2.45) is 0 Å². The second kappa shape index (κ2) is 8.79. The smallest absolute Gasteiger partial charge is 0.0984 e. The summed E-state index contributed by atoms with van der Waals surface area (Å²) in [7, 11) is 0. The van der Waals surface area contributed by atoms with Crippen molar-refractivity contribution in [2.45, 2.75) is 31.8 Å². The number of rotatable bonds is 11. The van der Waals surface area contributed by atoms with E-state index in [9.17, 15) is 0 Å². The zero-order valence-corrected chi connectivity index (χ0v) is 17.1. The Morgan fingerprint density at radius 3 is 1.00 bits per heavy atom. The molecule has 0 N–H and O–H groups in total. The van der Waals surface area contributed by atoms with Crippen LogP contribution in [0, 0.1) is 0 Å². The first-order chi connectivity index (χ1) is 14.8. The molecule has 0 bridgehead atoms. The van der Waals surface area contributed by atoms with Crippen LogP contribution in [0.3, 0.4) is 0 Å². The summed E-state index contributed by atoms with van der Waals surface area (Å²) in [5.41, 5.74) is 4.94. The fourth-order valence-electron chi connectivity index (χ4n) is 3.98. The lowest BCUT2D eigenvalue weighted by atomic mass is 10.0. The average molecular weight is 425 g/mol. The standard InChI is InChI=1S/C24H28N2O4.CH4/c1-5-19(25(9-21-13-27-21)10-22-14-28-22)6-2-17(1)18-3-7-20(8-4-18)26(11-23-15-29-23)12-24-16-30-24;/h1-8,21-24H,9-16H2;1H4. The lowest BCUT2D eigenvalue weighted by Crippen LogP contribution is -2.31. The summed E-state index contributed by atoms with van der Waals surface area (Å²) in [4.78, 5) is 4.78. The SMILES string of the molecule is C.c1cc(N(CC2CO2)CC2CO2)ccc1-c1ccc(N(CC2CO2)CC2CO2)cc1. The number of anilines is 2. The molecule has 4 unspecified atom stereocenters. The van der Waals surface area contributed by atoms with Crippen molar-refractivity contribution >= 4 is 11.4 Å². The van der Waals surface area contributed by atoms with Gasteiger partial charge in [0.2, 0.25) is 0 Å². The van der Waals surface area contributed by atoms with Gasteiger partial charge in [-0.2, -0.15) is 0 Å². The van der Waals surface area contributed by atoms with Crippen molar-refractivity contribution in [1.82, 2.24) is 0 Å². The van der Waals surface area contributed by atoms with E-state index in [1.54, 1.807) is 0 Å². The quantitative estimate of drug-likeness (QED) is 0.517. The molecule has 166 valence electrons. The molecule has 0 amide bonds. The molecule has 2 aromatic rings. The van der Waals surface area contributed by atoms with Gasteiger partial charge in [-0.3, -0.25) is 0 Å². The molecule has 31 heavy (non-hydrogen) atoms. The van der Waals surface area contributed by atoms with Gasteiger partial charge < -0.3 is 28.7 Å². The maximum absolute atomic E-state index is 5.44. The Morgan fingerprint density at radius 2 is 0.774 bits per heavy atom. The highest BCUT2D eigenvalue weighted by molar-refractivity contribution is 5.68. The van der Waals surface area contributed by atoms with Crippen LogP contribution in [0.4, 0.5) is 11.4 Å². The predicted octanol–water partition coefficient (Wildman–Crippen LogP) is 3.20. The number of hydrogen-bond acceptors (Lipinski definition) is 6. The molecule has 4 saturated heterocycles. The molecule has 4 aliphatic heterocycles. The van der Waals surface area contributed by atoms with Gasteiger partial charge in [-0.1, -0.05) is 31.7 Å². The fraction of sp³-hybridized carbons (Fsp3) is 0.520. The molecule has 0 aliphatic carbocycles. The van der Waals surface area contributed by atoms with Crippen molar-refractivity contribution in [1.29, 1.82) is 0 Å². The van der Waals surface area contributed by atoms with Crippen LogP contribution in [0.15, 0.2) is 48.5 Å². The van der Waals surface area contributed by atoms with Crippen LogP contribution < -0.4 is 9.80 Å². The zero-order valence-electron chi connectivity index (χ0n) is 17.1. The topological polar surface area (TPSA) is 56.6 Å². The highest BCUT2D eigenvalue weighted by Gasteiger charge is 2.32. The third kappa shape index (κ3) is 5.57. The summed E-state index contributed by atoms with van der Waals surface area (Å²) in [5.74, 6) is 0. The van der Waals surface area contributed by atoms with Crippen LogP contribution >= 0.6 is 0 Å². The minimum atomic E-state index is 0. The Hall–Kier alpha value is -2.12. The Bertz CT molecular complexity index is 755. The second-order valence-electron chi connectivity index (χ2n) is 8.73. The summed E-state index contributed by atoms with van der Waals surface area (Å²) >= 11 is 0. The lowest BCUT2D eigenvalue weighted by molar-refractivity contribution is 0.388. The van der Waals surface area contributed by atoms with Gasteiger partial charge in [0.1, 0.15) is 0 Å². The molecule has 4 atom stereocenters. The molecule has 0 radical (unpaired) electrons. The van der Waals surface area contributed by atoms with E-state index in [1.807, 2.05) is 0 Å². The number of hydrogen-bond donors (Lipinski definition) is 0. The van der Waals surface area contributed by atoms with Crippen LogP contribution in [-0.4, -0.2) is 77.0 Å². The van der Waals surface area contributed by atoms with E-state index < -0.39 is 0 Å². The van der Waals surface area contributed by atoms with Crippen molar-refractivity contribution in [3.05, 3.63) is 48.5 Å². The normalized spacial score (nSPS) is 27.2. The predicted molar refractivity (Wildman–Crippen MR) is 122 cm³/mol. The van der Waals surface area contributed by atoms with E-state index in [1.165, 1.54) is 22.5 Å². The number of benzene rings is 2. The third-order valence-electron chi connectivity index (χ3n) is 6.10. The van der Waals surface area contributed by atoms with E-state index in [2.05, 4.69) is 58.3 Å². The Morgan fingerprint density at radius 1 is 0.516 bits per heavy atom. The largest absolute Gasteiger partial charge is 0.371 e. The maximum Gasteiger partial charge on any atom is 0.0984 e. The van der Waals surface area contributed by atoms with Gasteiger partial charge in [-0.15, -0.1) is 0 Å². The highest BCUT2D eigenvalue weighted by atomic mass is 16.6. The van der Waals surface area contributed by atoms with Crippen LogP contribution in [0.5, 0.6) is 0 Å². The molecule has 4 heterocycles. The van der Waals surface area contributed by atoms with Gasteiger partial charge >= 0.3 is 0 Å². The van der Waals surface area contributed by atoms with Gasteiger partial charge in [0, 0.05) is 37.6 Å². The van der Waals surface area contributed by atoms with Gasteiger partial charge in [-0.25, -0.2) is 0 Å². The summed E-state index contributed by atoms with van der Waals surface area (Å²) in [5, 5.41) is 0. The van der Waals surface area contributed by atoms with Gasteiger partial charge in [-0.05, 0) is 35.4 Å². The molecule has 6 nitrogen and oxygen atoms in total. The Kier molecular flexibility index (Phi) is 5.89. The van der Waals surface area contributed by atoms with Crippen molar-refractivity contribution in [2.75, 3.05) is 62.4 Å². The minimum absolute atomic E-state index is 0. The highest BCUT2D eigenvalue weighted by Crippen LogP contribution is 2.29. The minimum Gasteiger partial charge on any atom is -0.371 e. The van der Waals surface area contributed by atoms with Crippen LogP contribution in [0.25, 0.3) is 11.1 Å². The summed E-state index contributed by atoms with van der Waals surface area (Å²) < 4.78 is 21.8.